The molecule has 1 aromatic heterocycles. The van der Waals surface area contributed by atoms with E-state index < -0.39 is 6.04 Å². The third kappa shape index (κ3) is 3.23. The molecule has 0 aliphatic carbocycles. The van der Waals surface area contributed by atoms with Crippen LogP contribution in [0.5, 0.6) is 0 Å². The van der Waals surface area contributed by atoms with Gasteiger partial charge >= 0.3 is 5.97 Å². The third-order valence-electron chi connectivity index (χ3n) is 2.96. The topological polar surface area (TPSA) is 51.5 Å². The highest BCUT2D eigenvalue weighted by Crippen LogP contribution is 2.20. The monoisotopic (exact) mass is 259 g/mol. The number of benzene rings is 1. The van der Waals surface area contributed by atoms with Crippen molar-refractivity contribution in [1.82, 2.24) is 5.32 Å². The predicted octanol–water partition coefficient (Wildman–Crippen LogP) is 2.84. The summed E-state index contributed by atoms with van der Waals surface area (Å²) in [6.07, 6.45) is 1.61. The fraction of sp³-hybridized carbons (Fsp3) is 0.267. The molecule has 0 spiro atoms. The SMILES string of the molecule is COC(=O)C(NC(C)c1ccco1)c1ccccc1. The van der Waals surface area contributed by atoms with Gasteiger partial charge in [-0.15, -0.1) is 0 Å². The Morgan fingerprint density at radius 3 is 2.53 bits per heavy atom. The highest BCUT2D eigenvalue weighted by Gasteiger charge is 2.24. The van der Waals surface area contributed by atoms with E-state index in [2.05, 4.69) is 5.32 Å². The van der Waals surface area contributed by atoms with Gasteiger partial charge in [-0.3, -0.25) is 5.32 Å². The molecule has 2 aromatic rings. The van der Waals surface area contributed by atoms with Crippen molar-refractivity contribution >= 4 is 5.97 Å². The Bertz CT molecular complexity index is 507. The van der Waals surface area contributed by atoms with Crippen LogP contribution in [0.2, 0.25) is 0 Å². The Morgan fingerprint density at radius 2 is 1.95 bits per heavy atom. The number of esters is 1. The molecular weight excluding hydrogens is 242 g/mol. The molecule has 100 valence electrons. The Morgan fingerprint density at radius 1 is 1.21 bits per heavy atom. The molecule has 4 nitrogen and oxygen atoms in total. The number of carbonyl (C=O) groups excluding carboxylic acids is 1. The highest BCUT2D eigenvalue weighted by molar-refractivity contribution is 5.77. The van der Waals surface area contributed by atoms with Gasteiger partial charge in [-0.25, -0.2) is 4.79 Å². The van der Waals surface area contributed by atoms with Crippen LogP contribution in [0.15, 0.2) is 53.1 Å². The summed E-state index contributed by atoms with van der Waals surface area (Å²) in [6.45, 7) is 1.94. The molecule has 1 aromatic carbocycles. The lowest BCUT2D eigenvalue weighted by atomic mass is 10.1. The Labute approximate surface area is 112 Å². The van der Waals surface area contributed by atoms with Crippen LogP contribution in [0.3, 0.4) is 0 Å². The maximum Gasteiger partial charge on any atom is 0.327 e. The minimum Gasteiger partial charge on any atom is -0.468 e. The van der Waals surface area contributed by atoms with Gasteiger partial charge in [0.2, 0.25) is 0 Å². The van der Waals surface area contributed by atoms with Gasteiger partial charge in [0.25, 0.3) is 0 Å². The molecule has 0 saturated heterocycles. The zero-order valence-electron chi connectivity index (χ0n) is 11.0. The number of nitrogens with one attached hydrogen (secondary N) is 1. The second-order valence-corrected chi connectivity index (χ2v) is 4.27. The molecule has 2 rings (SSSR count). The molecule has 1 N–H and O–H groups in total. The van der Waals surface area contributed by atoms with E-state index in [0.29, 0.717) is 0 Å². The minimum atomic E-state index is -0.508. The number of hydrogen-bond acceptors (Lipinski definition) is 4. The van der Waals surface area contributed by atoms with Gasteiger partial charge in [-0.05, 0) is 24.6 Å². The zero-order chi connectivity index (χ0) is 13.7. The Balaban J connectivity index is 2.17. The molecule has 0 amide bonds. The molecular formula is C15H17NO3. The Hall–Kier alpha value is -2.07. The molecule has 0 fully saturated rings. The van der Waals surface area contributed by atoms with E-state index in [0.717, 1.165) is 11.3 Å². The standard InChI is InChI=1S/C15H17NO3/c1-11(13-9-6-10-19-13)16-14(15(17)18-2)12-7-4-3-5-8-12/h3-11,14,16H,1-2H3. The van der Waals surface area contributed by atoms with Crippen molar-refractivity contribution in [3.63, 3.8) is 0 Å². The minimum absolute atomic E-state index is 0.0840. The normalized spacial score (nSPS) is 13.8. The van der Waals surface area contributed by atoms with Gasteiger partial charge in [0.05, 0.1) is 19.4 Å². The highest BCUT2D eigenvalue weighted by atomic mass is 16.5. The number of hydrogen-bond donors (Lipinski definition) is 1. The number of rotatable bonds is 5. The van der Waals surface area contributed by atoms with E-state index in [4.69, 9.17) is 9.15 Å². The molecule has 0 aliphatic heterocycles. The molecule has 2 unspecified atom stereocenters. The van der Waals surface area contributed by atoms with E-state index in [-0.39, 0.29) is 12.0 Å². The lowest BCUT2D eigenvalue weighted by molar-refractivity contribution is -0.143. The number of furan rings is 1. The van der Waals surface area contributed by atoms with Crippen LogP contribution >= 0.6 is 0 Å². The van der Waals surface area contributed by atoms with Crippen LogP contribution in [0.25, 0.3) is 0 Å². The summed E-state index contributed by atoms with van der Waals surface area (Å²) in [5, 5.41) is 3.22. The summed E-state index contributed by atoms with van der Waals surface area (Å²) in [7, 11) is 1.39. The summed E-state index contributed by atoms with van der Waals surface area (Å²) in [5.41, 5.74) is 0.868. The first-order valence-electron chi connectivity index (χ1n) is 6.14. The van der Waals surface area contributed by atoms with Crippen molar-refractivity contribution < 1.29 is 13.9 Å². The Kier molecular flexibility index (Phi) is 4.36. The third-order valence-corrected chi connectivity index (χ3v) is 2.96. The van der Waals surface area contributed by atoms with Crippen molar-refractivity contribution in [2.24, 2.45) is 0 Å². The van der Waals surface area contributed by atoms with Gasteiger partial charge in [0.15, 0.2) is 0 Å². The van der Waals surface area contributed by atoms with E-state index in [1.54, 1.807) is 6.26 Å². The molecule has 19 heavy (non-hydrogen) atoms. The van der Waals surface area contributed by atoms with Crippen LogP contribution in [-0.4, -0.2) is 13.1 Å². The van der Waals surface area contributed by atoms with Crippen LogP contribution in [-0.2, 0) is 9.53 Å². The fourth-order valence-electron chi connectivity index (χ4n) is 1.93. The quantitative estimate of drug-likeness (QED) is 0.839. The first-order chi connectivity index (χ1) is 9.22. The van der Waals surface area contributed by atoms with Crippen molar-refractivity contribution in [2.45, 2.75) is 19.0 Å². The number of methoxy groups -OCH3 is 1. The maximum atomic E-state index is 11.9. The van der Waals surface area contributed by atoms with Crippen LogP contribution in [0.4, 0.5) is 0 Å². The first-order valence-corrected chi connectivity index (χ1v) is 6.14. The van der Waals surface area contributed by atoms with Crippen LogP contribution < -0.4 is 5.32 Å². The van der Waals surface area contributed by atoms with E-state index in [1.807, 2.05) is 49.4 Å². The summed E-state index contributed by atoms with van der Waals surface area (Å²) in [5.74, 6) is 0.467. The van der Waals surface area contributed by atoms with E-state index in [1.165, 1.54) is 7.11 Å². The summed E-state index contributed by atoms with van der Waals surface area (Å²) in [6, 6.07) is 12.6. The van der Waals surface area contributed by atoms with Crippen molar-refractivity contribution in [2.75, 3.05) is 7.11 Å². The molecule has 0 aliphatic rings. The van der Waals surface area contributed by atoms with Gasteiger partial charge in [-0.2, -0.15) is 0 Å². The van der Waals surface area contributed by atoms with Gasteiger partial charge < -0.3 is 9.15 Å². The lowest BCUT2D eigenvalue weighted by Crippen LogP contribution is -2.31. The summed E-state index contributed by atoms with van der Waals surface area (Å²) >= 11 is 0. The molecule has 0 saturated carbocycles. The first kappa shape index (κ1) is 13.4. The smallest absolute Gasteiger partial charge is 0.327 e. The second-order valence-electron chi connectivity index (χ2n) is 4.27. The van der Waals surface area contributed by atoms with E-state index in [9.17, 15) is 4.79 Å². The lowest BCUT2D eigenvalue weighted by Gasteiger charge is -2.20. The fourth-order valence-corrected chi connectivity index (χ4v) is 1.93. The van der Waals surface area contributed by atoms with Crippen LogP contribution in [0, 0.1) is 0 Å². The van der Waals surface area contributed by atoms with Gasteiger partial charge in [0, 0.05) is 0 Å². The van der Waals surface area contributed by atoms with Crippen molar-refractivity contribution in [3.8, 4) is 0 Å². The molecule has 2 atom stereocenters. The second kappa shape index (κ2) is 6.20. The van der Waals surface area contributed by atoms with Gasteiger partial charge in [-0.1, -0.05) is 30.3 Å². The molecule has 4 heteroatoms. The number of ether oxygens (including phenoxy) is 1. The summed E-state index contributed by atoms with van der Waals surface area (Å²) < 4.78 is 10.2. The van der Waals surface area contributed by atoms with Crippen molar-refractivity contribution in [1.29, 1.82) is 0 Å². The maximum absolute atomic E-state index is 11.9. The predicted molar refractivity (Wildman–Crippen MR) is 71.5 cm³/mol. The molecule has 1 heterocycles. The van der Waals surface area contributed by atoms with Crippen molar-refractivity contribution in [3.05, 3.63) is 60.1 Å². The van der Waals surface area contributed by atoms with Gasteiger partial charge in [0.1, 0.15) is 11.8 Å². The zero-order valence-corrected chi connectivity index (χ0v) is 11.0. The average molecular weight is 259 g/mol. The number of carbonyl (C=O) groups is 1. The van der Waals surface area contributed by atoms with Crippen LogP contribution in [0.1, 0.15) is 30.3 Å². The largest absolute Gasteiger partial charge is 0.468 e. The average Bonchev–Trinajstić information content (AvgIpc) is 2.99. The molecule has 0 radical (unpaired) electrons. The molecule has 0 bridgehead atoms. The van der Waals surface area contributed by atoms with E-state index >= 15 is 0 Å². The summed E-state index contributed by atoms with van der Waals surface area (Å²) in [4.78, 5) is 11.9.